The topological polar surface area (TPSA) is 12.4 Å². The van der Waals surface area contributed by atoms with E-state index in [2.05, 4.69) is 29.1 Å². The third-order valence-corrected chi connectivity index (χ3v) is 3.79. The summed E-state index contributed by atoms with van der Waals surface area (Å²) in [5.74, 6) is 1.76. The molecule has 0 atom stereocenters. The summed E-state index contributed by atoms with van der Waals surface area (Å²) in [5, 5.41) is 1.89. The van der Waals surface area contributed by atoms with Crippen LogP contribution < -0.4 is 0 Å². The lowest BCUT2D eigenvalue weighted by atomic mass is 10.0. The van der Waals surface area contributed by atoms with Gasteiger partial charge in [-0.05, 0) is 49.3 Å². The summed E-state index contributed by atoms with van der Waals surface area (Å²) in [6.45, 7) is 2.01. The second-order valence-electron chi connectivity index (χ2n) is 5.62. The molecule has 0 spiro atoms. The predicted molar refractivity (Wildman–Crippen MR) is 96.6 cm³/mol. The molecule has 0 aliphatic heterocycles. The van der Waals surface area contributed by atoms with Crippen LogP contribution in [-0.2, 0) is 6.42 Å². The molecule has 1 nitrogen and oxygen atoms in total. The molecule has 0 unspecified atom stereocenters. The molecule has 0 amide bonds. The standard InChI is InChI=1S/C20H15F4NS/c1-2-3-4-5-15-16(21)8-13(9-17(15)22)6-7-14-10-18(23)20(25-12-26)19(24)11-14/h8-11H,2-5H2,1H3. The van der Waals surface area contributed by atoms with E-state index >= 15 is 0 Å². The first-order valence-electron chi connectivity index (χ1n) is 8.03. The maximum Gasteiger partial charge on any atom is 0.153 e. The van der Waals surface area contributed by atoms with E-state index in [0.29, 0.717) is 12.8 Å². The van der Waals surface area contributed by atoms with Crippen molar-refractivity contribution in [1.29, 1.82) is 0 Å². The van der Waals surface area contributed by atoms with E-state index < -0.39 is 29.0 Å². The van der Waals surface area contributed by atoms with Gasteiger partial charge < -0.3 is 0 Å². The highest BCUT2D eigenvalue weighted by Crippen LogP contribution is 2.23. The van der Waals surface area contributed by atoms with E-state index in [4.69, 9.17) is 0 Å². The molecule has 26 heavy (non-hydrogen) atoms. The maximum atomic E-state index is 14.1. The van der Waals surface area contributed by atoms with E-state index in [9.17, 15) is 17.6 Å². The van der Waals surface area contributed by atoms with E-state index in [1.807, 2.05) is 12.1 Å². The van der Waals surface area contributed by atoms with Gasteiger partial charge in [-0.25, -0.2) is 17.6 Å². The van der Waals surface area contributed by atoms with Crippen LogP contribution in [0.15, 0.2) is 29.3 Å². The summed E-state index contributed by atoms with van der Waals surface area (Å²) >= 11 is 4.32. The fourth-order valence-electron chi connectivity index (χ4n) is 2.40. The van der Waals surface area contributed by atoms with Gasteiger partial charge in [0.05, 0.1) is 5.16 Å². The smallest absolute Gasteiger partial charge is 0.153 e. The molecule has 2 aromatic carbocycles. The normalized spacial score (nSPS) is 10.0. The minimum atomic E-state index is -0.949. The number of thiocarbonyl (C=S) groups is 1. The second kappa shape index (κ2) is 9.28. The molecule has 2 aromatic rings. The van der Waals surface area contributed by atoms with Gasteiger partial charge in [0.2, 0.25) is 0 Å². The number of hydrogen-bond donors (Lipinski definition) is 0. The molecule has 0 N–H and O–H groups in total. The number of isothiocyanates is 1. The van der Waals surface area contributed by atoms with Crippen LogP contribution in [0.25, 0.3) is 0 Å². The van der Waals surface area contributed by atoms with Crippen molar-refractivity contribution in [2.75, 3.05) is 0 Å². The second-order valence-corrected chi connectivity index (χ2v) is 5.80. The molecule has 6 heteroatoms. The van der Waals surface area contributed by atoms with Crippen LogP contribution in [0.1, 0.15) is 42.9 Å². The predicted octanol–water partition coefficient (Wildman–Crippen LogP) is 6.11. The molecule has 0 radical (unpaired) electrons. The van der Waals surface area contributed by atoms with Gasteiger partial charge in [0.25, 0.3) is 0 Å². The first kappa shape index (κ1) is 19.8. The summed E-state index contributed by atoms with van der Waals surface area (Å²) in [4.78, 5) is 3.30. The van der Waals surface area contributed by atoms with Crippen molar-refractivity contribution in [2.24, 2.45) is 4.99 Å². The summed E-state index contributed by atoms with van der Waals surface area (Å²) in [5.41, 5.74) is -0.431. The number of benzene rings is 2. The van der Waals surface area contributed by atoms with Crippen molar-refractivity contribution in [3.8, 4) is 11.8 Å². The van der Waals surface area contributed by atoms with Gasteiger partial charge in [0.15, 0.2) is 11.6 Å². The van der Waals surface area contributed by atoms with Crippen LogP contribution in [0.2, 0.25) is 0 Å². The Morgan fingerprint density at radius 3 is 1.81 bits per heavy atom. The third kappa shape index (κ3) is 5.01. The number of aliphatic imine (C=N–C) groups is 1. The largest absolute Gasteiger partial charge is 0.207 e. The van der Waals surface area contributed by atoms with Crippen LogP contribution in [0, 0.1) is 35.1 Å². The Labute approximate surface area is 154 Å². The molecule has 0 aromatic heterocycles. The van der Waals surface area contributed by atoms with Crippen molar-refractivity contribution in [2.45, 2.75) is 32.6 Å². The van der Waals surface area contributed by atoms with Crippen molar-refractivity contribution in [1.82, 2.24) is 0 Å². The molecule has 2 rings (SSSR count). The highest BCUT2D eigenvalue weighted by Gasteiger charge is 2.11. The SMILES string of the molecule is CCCCCc1c(F)cc(C#Cc2cc(F)c(N=C=S)c(F)c2)cc1F. The Morgan fingerprint density at radius 1 is 0.846 bits per heavy atom. The average Bonchev–Trinajstić information content (AvgIpc) is 2.59. The van der Waals surface area contributed by atoms with E-state index in [1.54, 1.807) is 0 Å². The monoisotopic (exact) mass is 377 g/mol. The van der Waals surface area contributed by atoms with Gasteiger partial charge >= 0.3 is 0 Å². The number of rotatable bonds is 5. The summed E-state index contributed by atoms with van der Waals surface area (Å²) in [7, 11) is 0. The fourth-order valence-corrected chi connectivity index (χ4v) is 2.49. The number of halogens is 4. The van der Waals surface area contributed by atoms with E-state index in [1.165, 1.54) is 0 Å². The van der Waals surface area contributed by atoms with Crippen molar-refractivity contribution in [3.05, 3.63) is 64.2 Å². The van der Waals surface area contributed by atoms with Crippen molar-refractivity contribution < 1.29 is 17.6 Å². The lowest BCUT2D eigenvalue weighted by molar-refractivity contribution is 0.545. The first-order chi connectivity index (χ1) is 12.5. The fraction of sp³-hybridized carbons (Fsp3) is 0.250. The molecule has 0 aliphatic carbocycles. The highest BCUT2D eigenvalue weighted by atomic mass is 32.1. The Hall–Kier alpha value is -2.48. The van der Waals surface area contributed by atoms with Crippen LogP contribution in [0.3, 0.4) is 0 Å². The summed E-state index contributed by atoms with van der Waals surface area (Å²) < 4.78 is 55.6. The number of unbranched alkanes of at least 4 members (excludes halogenated alkanes) is 2. The zero-order chi connectivity index (χ0) is 19.1. The quantitative estimate of drug-likeness (QED) is 0.201. The van der Waals surface area contributed by atoms with Crippen LogP contribution in [-0.4, -0.2) is 5.16 Å². The number of hydrogen-bond acceptors (Lipinski definition) is 2. The zero-order valence-electron chi connectivity index (χ0n) is 14.0. The average molecular weight is 377 g/mol. The lowest BCUT2D eigenvalue weighted by Crippen LogP contribution is -1.97. The molecule has 134 valence electrons. The van der Waals surface area contributed by atoms with Crippen molar-refractivity contribution in [3.63, 3.8) is 0 Å². The first-order valence-corrected chi connectivity index (χ1v) is 8.44. The minimum Gasteiger partial charge on any atom is -0.207 e. The van der Waals surface area contributed by atoms with Crippen LogP contribution in [0.4, 0.5) is 23.2 Å². The van der Waals surface area contributed by atoms with E-state index in [-0.39, 0.29) is 16.7 Å². The molecule has 0 bridgehead atoms. The van der Waals surface area contributed by atoms with Crippen LogP contribution in [0.5, 0.6) is 0 Å². The molecule has 0 fully saturated rings. The van der Waals surface area contributed by atoms with Gasteiger partial charge in [-0.2, -0.15) is 4.99 Å². The van der Waals surface area contributed by atoms with Crippen molar-refractivity contribution >= 4 is 23.1 Å². The third-order valence-electron chi connectivity index (χ3n) is 3.70. The molecule has 0 aliphatic rings. The zero-order valence-corrected chi connectivity index (χ0v) is 14.8. The van der Waals surface area contributed by atoms with E-state index in [0.717, 1.165) is 37.1 Å². The van der Waals surface area contributed by atoms with Gasteiger partial charge in [-0.1, -0.05) is 31.6 Å². The summed E-state index contributed by atoms with van der Waals surface area (Å²) in [6.07, 6.45) is 2.86. The molecular formula is C20H15F4NS. The highest BCUT2D eigenvalue weighted by molar-refractivity contribution is 7.78. The lowest BCUT2D eigenvalue weighted by Gasteiger charge is -2.05. The number of nitrogens with zero attached hydrogens (tertiary/aromatic N) is 1. The molecule has 0 saturated carbocycles. The molecular weight excluding hydrogens is 362 g/mol. The molecule has 0 heterocycles. The molecule has 0 saturated heterocycles. The Morgan fingerprint density at radius 2 is 1.35 bits per heavy atom. The van der Waals surface area contributed by atoms with Gasteiger partial charge in [-0.3, -0.25) is 0 Å². The Kier molecular flexibility index (Phi) is 7.08. The van der Waals surface area contributed by atoms with Gasteiger partial charge in [0.1, 0.15) is 17.3 Å². The maximum absolute atomic E-state index is 14.1. The van der Waals surface area contributed by atoms with Gasteiger partial charge in [-0.15, -0.1) is 0 Å². The Balaban J connectivity index is 2.29. The van der Waals surface area contributed by atoms with Crippen LogP contribution >= 0.6 is 12.2 Å². The Bertz CT molecular complexity index is 875. The van der Waals surface area contributed by atoms with Gasteiger partial charge in [0, 0.05) is 16.7 Å². The summed E-state index contributed by atoms with van der Waals surface area (Å²) in [6, 6.07) is 4.17. The minimum absolute atomic E-state index is 0.0103.